The van der Waals surface area contributed by atoms with Crippen LogP contribution in [0.25, 0.3) is 0 Å². The second-order valence-electron chi connectivity index (χ2n) is 16.7. The van der Waals surface area contributed by atoms with E-state index in [0.29, 0.717) is 34.7 Å². The van der Waals surface area contributed by atoms with Gasteiger partial charge in [-0.2, -0.15) is 0 Å². The molecule has 0 amide bonds. The van der Waals surface area contributed by atoms with Crippen molar-refractivity contribution in [1.82, 2.24) is 0 Å². The van der Waals surface area contributed by atoms with Crippen LogP contribution in [0.1, 0.15) is 144 Å². The quantitative estimate of drug-likeness (QED) is 0.199. The van der Waals surface area contributed by atoms with E-state index in [0.717, 1.165) is 0 Å². The summed E-state index contributed by atoms with van der Waals surface area (Å²) < 4.78 is 0. The Morgan fingerprint density at radius 2 is 0.350 bits per heavy atom. The molecule has 0 saturated carbocycles. The number of ketones is 6. The topological polar surface area (TPSA) is 128 Å². The fraction of sp³-hybridized carbons (Fsp3) is 0.818. The zero-order valence-electron chi connectivity index (χ0n) is 29.4. The van der Waals surface area contributed by atoms with Crippen LogP contribution >= 0.6 is 0 Å². The predicted molar refractivity (Wildman–Crippen MR) is 172 cm³/mol. The SMILES string of the molecule is CC(C)(C)C(=[OH+])CC(=[OH+])C(C)(C)C.CC(C)(C)C(=[OH+])CC(=[OH+])C(C)(C)C.CC(C)(C)C(=[OH+])CC(=[OH+])C(C)(C)C.[Pr]. The first-order valence-electron chi connectivity index (χ1n) is 14.0. The van der Waals surface area contributed by atoms with E-state index in [2.05, 4.69) is 0 Å². The Kier molecular flexibility index (Phi) is 19.5. The minimum Gasteiger partial charge on any atom is -0.282 e. The van der Waals surface area contributed by atoms with Crippen molar-refractivity contribution in [1.29, 1.82) is 0 Å². The Bertz CT molecular complexity index is 693. The maximum atomic E-state index is 9.66. The van der Waals surface area contributed by atoms with Crippen molar-refractivity contribution in [3.05, 3.63) is 0 Å². The molecule has 0 spiro atoms. The van der Waals surface area contributed by atoms with Crippen LogP contribution in [0.5, 0.6) is 0 Å². The standard InChI is InChI=1S/3C11H20O2.Pr/c3*1-10(2,3)8(12)7-9(13)11(4,5)6;/h3*7H2,1-6H3;/p+6. The van der Waals surface area contributed by atoms with Gasteiger partial charge in [-0.15, -0.1) is 0 Å². The maximum absolute atomic E-state index is 9.66. The van der Waals surface area contributed by atoms with Crippen LogP contribution in [0.4, 0.5) is 0 Å². The fourth-order valence-corrected chi connectivity index (χ4v) is 2.07. The first-order valence-corrected chi connectivity index (χ1v) is 14.0. The summed E-state index contributed by atoms with van der Waals surface area (Å²) in [7, 11) is 0. The van der Waals surface area contributed by atoms with E-state index in [4.69, 9.17) is 0 Å². The van der Waals surface area contributed by atoms with E-state index in [-0.39, 0.29) is 93.0 Å². The molecule has 6 N–H and O–H groups in total. The zero-order valence-corrected chi connectivity index (χ0v) is 33.1. The second kappa shape index (κ2) is 16.9. The van der Waals surface area contributed by atoms with Crippen molar-refractivity contribution in [3.8, 4) is 0 Å². The molecule has 0 rings (SSSR count). The van der Waals surface area contributed by atoms with E-state index in [1.165, 1.54) is 0 Å². The molecular formula is C33H66O6Pr+6. The number of rotatable bonds is 6. The molecule has 0 atom stereocenters. The summed E-state index contributed by atoms with van der Waals surface area (Å²) in [6.45, 7) is 34.7. The summed E-state index contributed by atoms with van der Waals surface area (Å²) in [6, 6.07) is 0. The van der Waals surface area contributed by atoms with Crippen molar-refractivity contribution in [2.75, 3.05) is 0 Å². The van der Waals surface area contributed by atoms with Crippen molar-refractivity contribution < 1.29 is 70.1 Å². The van der Waals surface area contributed by atoms with Gasteiger partial charge in [-0.1, -0.05) is 0 Å². The van der Waals surface area contributed by atoms with Gasteiger partial charge in [-0.25, -0.2) is 0 Å². The average Bonchev–Trinajstić information content (AvgIpc) is 2.64. The van der Waals surface area contributed by atoms with Crippen molar-refractivity contribution in [2.45, 2.75) is 144 Å². The van der Waals surface area contributed by atoms with Crippen LogP contribution in [0.3, 0.4) is 0 Å². The number of hydrogen-bond donors (Lipinski definition) is 0. The van der Waals surface area contributed by atoms with Gasteiger partial charge in [0.15, 0.2) is 19.3 Å². The van der Waals surface area contributed by atoms with Gasteiger partial charge in [-0.05, 0) is 125 Å². The smallest absolute Gasteiger partial charge is 0.282 e. The van der Waals surface area contributed by atoms with Gasteiger partial charge in [0, 0.05) is 41.3 Å². The molecule has 0 aliphatic rings. The van der Waals surface area contributed by atoms with Gasteiger partial charge in [-0.3, -0.25) is 28.8 Å². The minimum absolute atomic E-state index is 0. The summed E-state index contributed by atoms with van der Waals surface area (Å²) in [5.41, 5.74) is -1.50. The zero-order chi connectivity index (χ0) is 32.6. The van der Waals surface area contributed by atoms with Crippen molar-refractivity contribution >= 4 is 34.7 Å². The van der Waals surface area contributed by atoms with Crippen molar-refractivity contribution in [2.24, 2.45) is 32.5 Å². The third-order valence-electron chi connectivity index (χ3n) is 6.20. The molecule has 0 aliphatic heterocycles. The molecule has 0 aromatic carbocycles. The molecule has 0 aliphatic carbocycles. The normalized spacial score (nSPS) is 12.4. The summed E-state index contributed by atoms with van der Waals surface area (Å²) in [6.07, 6.45) is 0.854. The molecular weight excluding hydrogens is 633 g/mol. The van der Waals surface area contributed by atoms with Gasteiger partial charge >= 0.3 is 34.7 Å². The third kappa shape index (κ3) is 22.0. The Morgan fingerprint density at radius 3 is 0.400 bits per heavy atom. The molecule has 0 fully saturated rings. The molecule has 7 heteroatoms. The van der Waals surface area contributed by atoms with E-state index >= 15 is 0 Å². The Morgan fingerprint density at radius 1 is 0.275 bits per heavy atom. The molecule has 0 saturated heterocycles. The summed E-state index contributed by atoms with van der Waals surface area (Å²) in [5, 5.41) is 0. The van der Waals surface area contributed by atoms with Crippen molar-refractivity contribution in [3.63, 3.8) is 0 Å². The van der Waals surface area contributed by atoms with Gasteiger partial charge in [0.25, 0.3) is 0 Å². The molecule has 0 unspecified atom stereocenters. The number of carbonyl (C=O) groups excluding carboxylic acids is 6. The molecule has 40 heavy (non-hydrogen) atoms. The summed E-state index contributed by atoms with van der Waals surface area (Å²) >= 11 is 0. The second-order valence-corrected chi connectivity index (χ2v) is 16.7. The Labute approximate surface area is 279 Å². The first kappa shape index (κ1) is 46.3. The van der Waals surface area contributed by atoms with E-state index in [1.807, 2.05) is 125 Å². The molecule has 1 radical (unpaired) electrons. The molecule has 0 heterocycles. The van der Waals surface area contributed by atoms with E-state index < -0.39 is 0 Å². The van der Waals surface area contributed by atoms with Gasteiger partial charge in [0.05, 0.1) is 32.5 Å². The minimum atomic E-state index is -0.251. The van der Waals surface area contributed by atoms with Crippen LogP contribution in [0.15, 0.2) is 0 Å². The van der Waals surface area contributed by atoms with Crippen LogP contribution in [-0.2, 0) is 0 Å². The molecule has 6 nitrogen and oxygen atoms in total. The van der Waals surface area contributed by atoms with E-state index in [1.54, 1.807) is 0 Å². The Balaban J connectivity index is -0.000000240. The molecule has 0 bridgehead atoms. The Hall–Kier alpha value is -0.616. The van der Waals surface area contributed by atoms with Gasteiger partial charge in [0.1, 0.15) is 0 Å². The third-order valence-corrected chi connectivity index (χ3v) is 6.20. The maximum Gasteiger partial charge on any atom is 0.311 e. The summed E-state index contributed by atoms with van der Waals surface area (Å²) in [5.74, 6) is 2.00. The largest absolute Gasteiger partial charge is 0.311 e. The van der Waals surface area contributed by atoms with E-state index in [9.17, 15) is 28.8 Å². The average molecular weight is 700 g/mol. The number of hydrogen-bond acceptors (Lipinski definition) is 0. The van der Waals surface area contributed by atoms with Gasteiger partial charge < -0.3 is 0 Å². The molecule has 0 aromatic heterocycles. The molecule has 231 valence electrons. The monoisotopic (exact) mass is 699 g/mol. The van der Waals surface area contributed by atoms with Crippen LogP contribution in [0, 0.1) is 73.8 Å². The fourth-order valence-electron chi connectivity index (χ4n) is 2.07. The summed E-state index contributed by atoms with van der Waals surface area (Å²) in [4.78, 5) is 57.9. The van der Waals surface area contributed by atoms with Crippen LogP contribution < -0.4 is 0 Å². The molecule has 0 aromatic rings. The van der Waals surface area contributed by atoms with Gasteiger partial charge in [0.2, 0.25) is 0 Å². The van der Waals surface area contributed by atoms with Crippen LogP contribution in [0.2, 0.25) is 0 Å². The predicted octanol–water partition coefficient (Wildman–Crippen LogP) is 7.68. The van der Waals surface area contributed by atoms with Crippen LogP contribution in [-0.4, -0.2) is 63.5 Å². The first-order chi connectivity index (χ1) is 16.6.